The molecule has 0 fully saturated rings. The Kier molecular flexibility index (Phi) is 5.64. The van der Waals surface area contributed by atoms with Crippen LogP contribution in [0.3, 0.4) is 0 Å². The molecule has 0 aliphatic heterocycles. The van der Waals surface area contributed by atoms with Gasteiger partial charge in [-0.25, -0.2) is 0 Å². The summed E-state index contributed by atoms with van der Waals surface area (Å²) in [6.07, 6.45) is 3.39. The molecule has 0 radical (unpaired) electrons. The second kappa shape index (κ2) is 7.27. The molecule has 4 heteroatoms. The van der Waals surface area contributed by atoms with Crippen LogP contribution in [0.2, 0.25) is 0 Å². The average Bonchev–Trinajstić information content (AvgIpc) is 2.34. The number of methoxy groups -OCH3 is 1. The highest BCUT2D eigenvalue weighted by molar-refractivity contribution is 5.94. The molecule has 0 atom stereocenters. The van der Waals surface area contributed by atoms with E-state index in [1.807, 2.05) is 30.3 Å². The summed E-state index contributed by atoms with van der Waals surface area (Å²) in [4.78, 5) is 21.7. The van der Waals surface area contributed by atoms with Crippen molar-refractivity contribution < 1.29 is 19.1 Å². The molecule has 1 rings (SSSR count). The summed E-state index contributed by atoms with van der Waals surface area (Å²) >= 11 is 0. The SMILES string of the molecule is COc1ccc(/C=C\COC(=O)CC(C)=O)cc1. The van der Waals surface area contributed by atoms with Gasteiger partial charge in [-0.1, -0.05) is 18.2 Å². The maximum Gasteiger partial charge on any atom is 0.313 e. The Balaban J connectivity index is 2.35. The lowest BCUT2D eigenvalue weighted by atomic mass is 10.2. The Hall–Kier alpha value is -2.10. The van der Waals surface area contributed by atoms with Gasteiger partial charge in [0.2, 0.25) is 0 Å². The maximum absolute atomic E-state index is 11.1. The van der Waals surface area contributed by atoms with Crippen molar-refractivity contribution in [3.05, 3.63) is 35.9 Å². The molecule has 1 aromatic rings. The third kappa shape index (κ3) is 5.30. The van der Waals surface area contributed by atoms with E-state index in [2.05, 4.69) is 0 Å². The smallest absolute Gasteiger partial charge is 0.313 e. The van der Waals surface area contributed by atoms with Crippen molar-refractivity contribution in [2.24, 2.45) is 0 Å². The Labute approximate surface area is 106 Å². The molecule has 0 aliphatic carbocycles. The van der Waals surface area contributed by atoms with E-state index in [-0.39, 0.29) is 18.8 Å². The number of ketones is 1. The van der Waals surface area contributed by atoms with Crippen LogP contribution in [0.5, 0.6) is 5.75 Å². The van der Waals surface area contributed by atoms with Gasteiger partial charge in [0.25, 0.3) is 0 Å². The lowest BCUT2D eigenvalue weighted by Gasteiger charge is -2.00. The normalized spacial score (nSPS) is 10.3. The molecular formula is C14H16O4. The lowest BCUT2D eigenvalue weighted by Crippen LogP contribution is -2.08. The summed E-state index contributed by atoms with van der Waals surface area (Å²) in [6.45, 7) is 1.52. The van der Waals surface area contributed by atoms with E-state index in [9.17, 15) is 9.59 Å². The highest BCUT2D eigenvalue weighted by atomic mass is 16.5. The van der Waals surface area contributed by atoms with Gasteiger partial charge in [0.15, 0.2) is 0 Å². The largest absolute Gasteiger partial charge is 0.497 e. The molecule has 0 bridgehead atoms. The molecule has 1 aromatic carbocycles. The van der Waals surface area contributed by atoms with Gasteiger partial charge in [-0.2, -0.15) is 0 Å². The summed E-state index contributed by atoms with van der Waals surface area (Å²) < 4.78 is 9.89. The second-order valence-electron chi connectivity index (χ2n) is 3.74. The Morgan fingerprint density at radius 1 is 1.22 bits per heavy atom. The topological polar surface area (TPSA) is 52.6 Å². The third-order valence-electron chi connectivity index (χ3n) is 2.16. The van der Waals surface area contributed by atoms with E-state index in [1.54, 1.807) is 13.2 Å². The Morgan fingerprint density at radius 2 is 1.89 bits per heavy atom. The fourth-order valence-electron chi connectivity index (χ4n) is 1.29. The van der Waals surface area contributed by atoms with Gasteiger partial charge in [0, 0.05) is 0 Å². The van der Waals surface area contributed by atoms with Crippen LogP contribution in [0, 0.1) is 0 Å². The van der Waals surface area contributed by atoms with Crippen molar-refractivity contribution in [2.45, 2.75) is 13.3 Å². The van der Waals surface area contributed by atoms with Crippen LogP contribution in [-0.4, -0.2) is 25.5 Å². The van der Waals surface area contributed by atoms with Crippen molar-refractivity contribution in [3.8, 4) is 5.75 Å². The minimum Gasteiger partial charge on any atom is -0.497 e. The fourth-order valence-corrected chi connectivity index (χ4v) is 1.29. The first kappa shape index (κ1) is 14.0. The molecule has 4 nitrogen and oxygen atoms in total. The number of rotatable bonds is 6. The number of hydrogen-bond acceptors (Lipinski definition) is 4. The zero-order chi connectivity index (χ0) is 13.4. The molecule has 0 spiro atoms. The van der Waals surface area contributed by atoms with Crippen LogP contribution in [0.25, 0.3) is 6.08 Å². The number of hydrogen-bond donors (Lipinski definition) is 0. The van der Waals surface area contributed by atoms with Crippen LogP contribution < -0.4 is 4.74 Å². The minimum atomic E-state index is -0.498. The first-order chi connectivity index (χ1) is 8.61. The molecule has 18 heavy (non-hydrogen) atoms. The number of Topliss-reactive ketones (excluding diaryl/α,β-unsaturated/α-hetero) is 1. The summed E-state index contributed by atoms with van der Waals surface area (Å²) in [5.41, 5.74) is 0.985. The molecule has 0 N–H and O–H groups in total. The Bertz CT molecular complexity index is 432. The van der Waals surface area contributed by atoms with Crippen molar-refractivity contribution >= 4 is 17.8 Å². The first-order valence-electron chi connectivity index (χ1n) is 5.57. The van der Waals surface area contributed by atoms with Crippen LogP contribution >= 0.6 is 0 Å². The fraction of sp³-hybridized carbons (Fsp3) is 0.286. The van der Waals surface area contributed by atoms with Gasteiger partial charge >= 0.3 is 5.97 Å². The monoisotopic (exact) mass is 248 g/mol. The van der Waals surface area contributed by atoms with Gasteiger partial charge < -0.3 is 9.47 Å². The molecular weight excluding hydrogens is 232 g/mol. The summed E-state index contributed by atoms with van der Waals surface area (Å²) in [6, 6.07) is 7.49. The second-order valence-corrected chi connectivity index (χ2v) is 3.74. The zero-order valence-corrected chi connectivity index (χ0v) is 10.5. The molecule has 0 aromatic heterocycles. The first-order valence-corrected chi connectivity index (χ1v) is 5.57. The number of benzene rings is 1. The van der Waals surface area contributed by atoms with E-state index in [1.165, 1.54) is 6.92 Å². The summed E-state index contributed by atoms with van der Waals surface area (Å²) in [5.74, 6) is 0.0982. The van der Waals surface area contributed by atoms with Gasteiger partial charge in [-0.3, -0.25) is 9.59 Å². The van der Waals surface area contributed by atoms with Gasteiger partial charge in [-0.15, -0.1) is 0 Å². The van der Waals surface area contributed by atoms with Gasteiger partial charge in [-0.05, 0) is 30.7 Å². The van der Waals surface area contributed by atoms with Crippen LogP contribution in [0.1, 0.15) is 18.9 Å². The van der Waals surface area contributed by atoms with E-state index in [4.69, 9.17) is 9.47 Å². The van der Waals surface area contributed by atoms with Crippen LogP contribution in [0.15, 0.2) is 30.3 Å². The lowest BCUT2D eigenvalue weighted by molar-refractivity contribution is -0.144. The van der Waals surface area contributed by atoms with E-state index in [0.717, 1.165) is 11.3 Å². The Morgan fingerprint density at radius 3 is 2.44 bits per heavy atom. The quantitative estimate of drug-likeness (QED) is 0.572. The zero-order valence-electron chi connectivity index (χ0n) is 10.5. The summed E-state index contributed by atoms with van der Waals surface area (Å²) in [7, 11) is 1.61. The van der Waals surface area contributed by atoms with E-state index < -0.39 is 5.97 Å². The molecule has 0 amide bonds. The average molecular weight is 248 g/mol. The molecule has 0 saturated heterocycles. The molecule has 0 unspecified atom stereocenters. The molecule has 96 valence electrons. The predicted molar refractivity (Wildman–Crippen MR) is 68.3 cm³/mol. The van der Waals surface area contributed by atoms with Crippen LogP contribution in [0.4, 0.5) is 0 Å². The van der Waals surface area contributed by atoms with Gasteiger partial charge in [0.05, 0.1) is 7.11 Å². The number of carbonyl (C=O) groups is 2. The predicted octanol–water partition coefficient (Wildman–Crippen LogP) is 2.23. The number of esters is 1. The standard InChI is InChI=1S/C14H16O4/c1-11(15)10-14(16)18-9-3-4-12-5-7-13(17-2)8-6-12/h3-8H,9-10H2,1-2H3/b4-3-. The molecule has 0 aliphatic rings. The van der Waals surface area contributed by atoms with Crippen molar-refractivity contribution in [1.82, 2.24) is 0 Å². The molecule has 0 saturated carbocycles. The minimum absolute atomic E-state index is 0.165. The van der Waals surface area contributed by atoms with Gasteiger partial charge in [0.1, 0.15) is 24.6 Å². The maximum atomic E-state index is 11.1. The highest BCUT2D eigenvalue weighted by Crippen LogP contribution is 2.12. The summed E-state index contributed by atoms with van der Waals surface area (Å²) in [5, 5.41) is 0. The number of carbonyl (C=O) groups excluding carboxylic acids is 2. The highest BCUT2D eigenvalue weighted by Gasteiger charge is 2.04. The number of ether oxygens (including phenoxy) is 2. The van der Waals surface area contributed by atoms with Crippen molar-refractivity contribution in [2.75, 3.05) is 13.7 Å². The van der Waals surface area contributed by atoms with E-state index in [0.29, 0.717) is 0 Å². The van der Waals surface area contributed by atoms with Crippen molar-refractivity contribution in [3.63, 3.8) is 0 Å². The van der Waals surface area contributed by atoms with Crippen LogP contribution in [-0.2, 0) is 14.3 Å². The molecule has 0 heterocycles. The third-order valence-corrected chi connectivity index (χ3v) is 2.16. The van der Waals surface area contributed by atoms with Crippen molar-refractivity contribution in [1.29, 1.82) is 0 Å². The van der Waals surface area contributed by atoms with E-state index >= 15 is 0 Å².